The van der Waals surface area contributed by atoms with Gasteiger partial charge in [-0.2, -0.15) is 10.1 Å². The summed E-state index contributed by atoms with van der Waals surface area (Å²) in [4.78, 5) is 31.2. The molecule has 0 aliphatic rings. The van der Waals surface area contributed by atoms with E-state index in [1.807, 2.05) is 51.1 Å². The fourth-order valence-corrected chi connectivity index (χ4v) is 2.52. The normalized spacial score (nSPS) is 11.5. The lowest BCUT2D eigenvalue weighted by atomic mass is 10.1. The predicted octanol–water partition coefficient (Wildman–Crippen LogP) is 1.60. The van der Waals surface area contributed by atoms with Crippen molar-refractivity contribution in [1.29, 1.82) is 0 Å². The molecule has 0 spiro atoms. The molecule has 0 saturated heterocycles. The van der Waals surface area contributed by atoms with Crippen molar-refractivity contribution in [2.45, 2.75) is 32.9 Å². The van der Waals surface area contributed by atoms with Gasteiger partial charge in [-0.25, -0.2) is 4.68 Å². The van der Waals surface area contributed by atoms with Crippen LogP contribution in [-0.2, 0) is 16.9 Å². The highest BCUT2D eigenvalue weighted by atomic mass is 16.2. The monoisotopic (exact) mass is 354 g/mol. The SMILES string of the molecule is CC(C)(C)n1ncc2c(=O)[nH]c(NCC(=O)NCc3ccccc3)nc21. The van der Waals surface area contributed by atoms with E-state index >= 15 is 0 Å². The lowest BCUT2D eigenvalue weighted by Gasteiger charge is -2.19. The van der Waals surface area contributed by atoms with Gasteiger partial charge >= 0.3 is 0 Å². The number of carbonyl (C=O) groups excluding carboxylic acids is 1. The van der Waals surface area contributed by atoms with Crippen LogP contribution in [0.25, 0.3) is 11.0 Å². The van der Waals surface area contributed by atoms with Crippen LogP contribution in [0.15, 0.2) is 41.3 Å². The molecule has 0 unspecified atom stereocenters. The number of hydrogen-bond acceptors (Lipinski definition) is 5. The lowest BCUT2D eigenvalue weighted by molar-refractivity contribution is -0.119. The van der Waals surface area contributed by atoms with Gasteiger partial charge in [0.15, 0.2) is 5.65 Å². The number of fused-ring (bicyclic) bond motifs is 1. The zero-order valence-electron chi connectivity index (χ0n) is 15.0. The average Bonchev–Trinajstić information content (AvgIpc) is 3.04. The molecule has 1 amide bonds. The number of aromatic nitrogens is 4. The molecule has 0 aliphatic heterocycles. The van der Waals surface area contributed by atoms with Crippen LogP contribution in [0.1, 0.15) is 26.3 Å². The third-order valence-electron chi connectivity index (χ3n) is 3.82. The molecule has 2 heterocycles. The predicted molar refractivity (Wildman–Crippen MR) is 99.9 cm³/mol. The zero-order chi connectivity index (χ0) is 18.7. The maximum Gasteiger partial charge on any atom is 0.263 e. The largest absolute Gasteiger partial charge is 0.350 e. The number of nitrogens with one attached hydrogen (secondary N) is 3. The first kappa shape index (κ1) is 17.7. The molecule has 136 valence electrons. The topological polar surface area (TPSA) is 105 Å². The first-order valence-electron chi connectivity index (χ1n) is 8.37. The van der Waals surface area contributed by atoms with E-state index in [1.54, 1.807) is 4.68 Å². The summed E-state index contributed by atoms with van der Waals surface area (Å²) in [6, 6.07) is 9.64. The van der Waals surface area contributed by atoms with Crippen LogP contribution in [0.2, 0.25) is 0 Å². The summed E-state index contributed by atoms with van der Waals surface area (Å²) in [5, 5.41) is 10.3. The van der Waals surface area contributed by atoms with Crippen molar-refractivity contribution in [1.82, 2.24) is 25.1 Å². The van der Waals surface area contributed by atoms with Crippen LogP contribution in [0, 0.1) is 0 Å². The van der Waals surface area contributed by atoms with Crippen molar-refractivity contribution >= 4 is 22.9 Å². The summed E-state index contributed by atoms with van der Waals surface area (Å²) < 4.78 is 1.69. The van der Waals surface area contributed by atoms with Gasteiger partial charge in [0.05, 0.1) is 18.3 Å². The number of anilines is 1. The Morgan fingerprint density at radius 2 is 1.96 bits per heavy atom. The minimum Gasteiger partial charge on any atom is -0.350 e. The third-order valence-corrected chi connectivity index (χ3v) is 3.82. The maximum absolute atomic E-state index is 12.2. The summed E-state index contributed by atoms with van der Waals surface area (Å²) >= 11 is 0. The minimum absolute atomic E-state index is 0.00490. The van der Waals surface area contributed by atoms with E-state index in [0.717, 1.165) is 5.56 Å². The van der Waals surface area contributed by atoms with Gasteiger partial charge in [-0.1, -0.05) is 30.3 Å². The van der Waals surface area contributed by atoms with E-state index in [0.29, 0.717) is 17.6 Å². The number of hydrogen-bond donors (Lipinski definition) is 3. The first-order chi connectivity index (χ1) is 12.3. The second-order valence-electron chi connectivity index (χ2n) is 6.99. The Bertz CT molecular complexity index is 969. The molecule has 3 aromatic rings. The molecule has 2 aromatic heterocycles. The number of benzene rings is 1. The number of rotatable bonds is 5. The molecule has 26 heavy (non-hydrogen) atoms. The Kier molecular flexibility index (Phi) is 4.75. The van der Waals surface area contributed by atoms with E-state index < -0.39 is 0 Å². The Hall–Kier alpha value is -3.16. The molecular weight excluding hydrogens is 332 g/mol. The van der Waals surface area contributed by atoms with Crippen molar-refractivity contribution in [2.24, 2.45) is 0 Å². The molecule has 0 bridgehead atoms. The fourth-order valence-electron chi connectivity index (χ4n) is 2.52. The van der Waals surface area contributed by atoms with Crippen LogP contribution < -0.4 is 16.2 Å². The third kappa shape index (κ3) is 3.90. The number of carbonyl (C=O) groups is 1. The highest BCUT2D eigenvalue weighted by molar-refractivity contribution is 5.80. The van der Waals surface area contributed by atoms with Gasteiger partial charge in [0.1, 0.15) is 5.39 Å². The van der Waals surface area contributed by atoms with Crippen molar-refractivity contribution in [2.75, 3.05) is 11.9 Å². The van der Waals surface area contributed by atoms with Gasteiger partial charge < -0.3 is 10.6 Å². The molecule has 3 N–H and O–H groups in total. The Balaban J connectivity index is 1.69. The highest BCUT2D eigenvalue weighted by Crippen LogP contribution is 2.18. The summed E-state index contributed by atoms with van der Waals surface area (Å²) in [5.74, 6) is 0.0456. The smallest absolute Gasteiger partial charge is 0.263 e. The molecule has 8 heteroatoms. The van der Waals surface area contributed by atoms with E-state index in [4.69, 9.17) is 0 Å². The van der Waals surface area contributed by atoms with E-state index in [2.05, 4.69) is 25.7 Å². The van der Waals surface area contributed by atoms with E-state index in [1.165, 1.54) is 6.20 Å². The Morgan fingerprint density at radius 1 is 1.23 bits per heavy atom. The molecule has 3 rings (SSSR count). The van der Waals surface area contributed by atoms with Gasteiger partial charge in [-0.3, -0.25) is 14.6 Å². The Labute approximate surface area is 150 Å². The van der Waals surface area contributed by atoms with Gasteiger partial charge in [-0.15, -0.1) is 0 Å². The molecule has 0 radical (unpaired) electrons. The highest BCUT2D eigenvalue weighted by Gasteiger charge is 2.19. The summed E-state index contributed by atoms with van der Waals surface area (Å²) in [5.41, 5.74) is 0.890. The summed E-state index contributed by atoms with van der Waals surface area (Å²) in [6.45, 7) is 6.39. The van der Waals surface area contributed by atoms with Crippen LogP contribution in [-0.4, -0.2) is 32.2 Å². The van der Waals surface area contributed by atoms with Gasteiger partial charge in [0.2, 0.25) is 11.9 Å². The molecular formula is C18H22N6O2. The van der Waals surface area contributed by atoms with Crippen molar-refractivity contribution in [3.05, 3.63) is 52.4 Å². The summed E-state index contributed by atoms with van der Waals surface area (Å²) in [7, 11) is 0. The number of H-pyrrole nitrogens is 1. The van der Waals surface area contributed by atoms with Gasteiger partial charge in [-0.05, 0) is 26.3 Å². The summed E-state index contributed by atoms with van der Waals surface area (Å²) in [6.07, 6.45) is 1.50. The minimum atomic E-state index is -0.313. The maximum atomic E-state index is 12.2. The van der Waals surface area contributed by atoms with Crippen molar-refractivity contribution in [3.63, 3.8) is 0 Å². The molecule has 8 nitrogen and oxygen atoms in total. The Morgan fingerprint density at radius 3 is 2.65 bits per heavy atom. The zero-order valence-corrected chi connectivity index (χ0v) is 15.0. The number of amides is 1. The van der Waals surface area contributed by atoms with Crippen molar-refractivity contribution < 1.29 is 4.79 Å². The molecule has 1 aromatic carbocycles. The lowest BCUT2D eigenvalue weighted by Crippen LogP contribution is -2.30. The van der Waals surface area contributed by atoms with Crippen LogP contribution >= 0.6 is 0 Å². The number of aromatic amines is 1. The van der Waals surface area contributed by atoms with Crippen LogP contribution in [0.3, 0.4) is 0 Å². The molecule has 0 atom stereocenters. The average molecular weight is 354 g/mol. The van der Waals surface area contributed by atoms with Crippen molar-refractivity contribution in [3.8, 4) is 0 Å². The van der Waals surface area contributed by atoms with Gasteiger partial charge in [0, 0.05) is 6.54 Å². The standard InChI is InChI=1S/C18H22N6O2/c1-18(2,3)24-15-13(10-21-24)16(26)23-17(22-15)20-11-14(25)19-9-12-7-5-4-6-8-12/h4-8,10H,9,11H2,1-3H3,(H,19,25)(H2,20,22,23,26). The van der Waals surface area contributed by atoms with Gasteiger partial charge in [0.25, 0.3) is 5.56 Å². The molecule has 0 saturated carbocycles. The quantitative estimate of drug-likeness (QED) is 0.645. The van der Waals surface area contributed by atoms with E-state index in [-0.39, 0.29) is 29.5 Å². The molecule has 0 aliphatic carbocycles. The second-order valence-corrected chi connectivity index (χ2v) is 6.99. The van der Waals surface area contributed by atoms with Crippen LogP contribution in [0.4, 0.5) is 5.95 Å². The fraction of sp³-hybridized carbons (Fsp3) is 0.333. The number of nitrogens with zero attached hydrogens (tertiary/aromatic N) is 3. The van der Waals surface area contributed by atoms with Crippen LogP contribution in [0.5, 0.6) is 0 Å². The first-order valence-corrected chi connectivity index (χ1v) is 8.37. The van der Waals surface area contributed by atoms with E-state index in [9.17, 15) is 9.59 Å². The second kappa shape index (κ2) is 6.99. The molecule has 0 fully saturated rings.